The summed E-state index contributed by atoms with van der Waals surface area (Å²) < 4.78 is 6.00. The summed E-state index contributed by atoms with van der Waals surface area (Å²) in [5.41, 5.74) is 9.15. The second-order valence-corrected chi connectivity index (χ2v) is 6.54. The van der Waals surface area contributed by atoms with Crippen LogP contribution in [0.15, 0.2) is 35.0 Å². The van der Waals surface area contributed by atoms with Gasteiger partial charge >= 0.3 is 0 Å². The fourth-order valence-corrected chi connectivity index (χ4v) is 3.95. The normalized spacial score (nSPS) is 27.4. The minimum atomic E-state index is 0.435. The second-order valence-electron chi connectivity index (χ2n) is 6.54. The van der Waals surface area contributed by atoms with Crippen LogP contribution in [0.5, 0.6) is 0 Å². The molecule has 1 aliphatic carbocycles. The first kappa shape index (κ1) is 13.3. The third-order valence-electron chi connectivity index (χ3n) is 5.13. The minimum Gasteiger partial charge on any atom is -0.450 e. The molecule has 3 aromatic rings. The van der Waals surface area contributed by atoms with E-state index in [1.807, 2.05) is 24.3 Å². The van der Waals surface area contributed by atoms with Crippen LogP contribution in [0.1, 0.15) is 19.3 Å². The first-order chi connectivity index (χ1) is 11.4. The summed E-state index contributed by atoms with van der Waals surface area (Å²) in [5, 5.41) is 4.64. The number of aromatic nitrogens is 2. The number of fused-ring (bicyclic) bond motifs is 4. The molecule has 2 aliphatic rings. The van der Waals surface area contributed by atoms with E-state index >= 15 is 0 Å². The molecular weight excluding hydrogens is 290 g/mol. The van der Waals surface area contributed by atoms with Crippen LogP contribution in [0.4, 0.5) is 5.82 Å². The Morgan fingerprint density at radius 3 is 3.13 bits per heavy atom. The van der Waals surface area contributed by atoms with Gasteiger partial charge in [0.25, 0.3) is 0 Å². The summed E-state index contributed by atoms with van der Waals surface area (Å²) >= 11 is 0. The first-order valence-electron chi connectivity index (χ1n) is 8.25. The van der Waals surface area contributed by atoms with Gasteiger partial charge in [0.2, 0.25) is 0 Å². The van der Waals surface area contributed by atoms with Gasteiger partial charge < -0.3 is 9.73 Å². The Balaban J connectivity index is 1.48. The lowest BCUT2D eigenvalue weighted by Crippen LogP contribution is -2.39. The average Bonchev–Trinajstić information content (AvgIpc) is 3.19. The Labute approximate surface area is 133 Å². The van der Waals surface area contributed by atoms with Crippen LogP contribution in [0.2, 0.25) is 0 Å². The summed E-state index contributed by atoms with van der Waals surface area (Å²) in [7, 11) is 0. The van der Waals surface area contributed by atoms with E-state index < -0.39 is 0 Å². The molecule has 2 fully saturated rings. The predicted octanol–water partition coefficient (Wildman–Crippen LogP) is 2.43. The molecule has 3 unspecified atom stereocenters. The fourth-order valence-electron chi connectivity index (χ4n) is 3.95. The van der Waals surface area contributed by atoms with Crippen LogP contribution in [-0.4, -0.2) is 28.6 Å². The van der Waals surface area contributed by atoms with Crippen molar-refractivity contribution in [1.82, 2.24) is 20.8 Å². The molecule has 3 heterocycles. The maximum Gasteiger partial charge on any atom is 0.196 e. The number of para-hydroxylation sites is 1. The topological polar surface area (TPSA) is 75.0 Å². The van der Waals surface area contributed by atoms with Gasteiger partial charge in [-0.3, -0.25) is 10.9 Å². The SMILES string of the molecule is c1ccc2c(c1)oc1c(NC3CCC4NNCC4C3)ncnc12. The lowest BCUT2D eigenvalue weighted by Gasteiger charge is -2.31. The highest BCUT2D eigenvalue weighted by Crippen LogP contribution is 2.33. The Morgan fingerprint density at radius 1 is 1.17 bits per heavy atom. The molecule has 1 aliphatic heterocycles. The zero-order chi connectivity index (χ0) is 15.2. The number of hydrogen-bond donors (Lipinski definition) is 3. The van der Waals surface area contributed by atoms with Gasteiger partial charge in [-0.25, -0.2) is 9.97 Å². The van der Waals surface area contributed by atoms with E-state index in [4.69, 9.17) is 4.42 Å². The zero-order valence-electron chi connectivity index (χ0n) is 12.7. The van der Waals surface area contributed by atoms with Crippen molar-refractivity contribution in [3.05, 3.63) is 30.6 Å². The number of anilines is 1. The number of benzene rings is 1. The standard InChI is InChI=1S/C17H19N5O/c1-2-4-14-12(3-1)15-16(23-14)17(19-9-18-15)21-11-5-6-13-10(7-11)8-20-22-13/h1-4,9-11,13,20,22H,5-8H2,(H,18,19,21). The lowest BCUT2D eigenvalue weighted by atomic mass is 9.83. The van der Waals surface area contributed by atoms with Crippen molar-refractivity contribution in [3.8, 4) is 0 Å². The van der Waals surface area contributed by atoms with Crippen LogP contribution >= 0.6 is 0 Å². The number of nitrogens with zero attached hydrogens (tertiary/aromatic N) is 2. The van der Waals surface area contributed by atoms with E-state index in [0.29, 0.717) is 18.0 Å². The fraction of sp³-hybridized carbons (Fsp3) is 0.412. The van der Waals surface area contributed by atoms with Gasteiger partial charge in [-0.1, -0.05) is 12.1 Å². The monoisotopic (exact) mass is 309 g/mol. The summed E-state index contributed by atoms with van der Waals surface area (Å²) in [4.78, 5) is 8.85. The minimum absolute atomic E-state index is 0.435. The van der Waals surface area contributed by atoms with Gasteiger partial charge in [-0.15, -0.1) is 0 Å². The van der Waals surface area contributed by atoms with Crippen molar-refractivity contribution < 1.29 is 4.42 Å². The van der Waals surface area contributed by atoms with Crippen LogP contribution in [0.3, 0.4) is 0 Å². The number of rotatable bonds is 2. The van der Waals surface area contributed by atoms with E-state index in [0.717, 1.165) is 47.3 Å². The highest BCUT2D eigenvalue weighted by atomic mass is 16.3. The van der Waals surface area contributed by atoms with E-state index in [-0.39, 0.29) is 0 Å². The molecule has 3 N–H and O–H groups in total. The molecule has 6 heteroatoms. The molecule has 0 bridgehead atoms. The highest BCUT2D eigenvalue weighted by Gasteiger charge is 2.34. The summed E-state index contributed by atoms with van der Waals surface area (Å²) in [6.07, 6.45) is 5.10. The molecule has 1 saturated heterocycles. The van der Waals surface area contributed by atoms with Crippen molar-refractivity contribution in [2.45, 2.75) is 31.3 Å². The molecule has 1 aromatic carbocycles. The summed E-state index contributed by atoms with van der Waals surface area (Å²) in [6.45, 7) is 1.05. The maximum atomic E-state index is 6.00. The number of furan rings is 1. The van der Waals surface area contributed by atoms with Gasteiger partial charge in [0.15, 0.2) is 11.4 Å². The van der Waals surface area contributed by atoms with Gasteiger partial charge in [-0.2, -0.15) is 0 Å². The van der Waals surface area contributed by atoms with E-state index in [2.05, 4.69) is 26.1 Å². The lowest BCUT2D eigenvalue weighted by molar-refractivity contribution is 0.314. The van der Waals surface area contributed by atoms with Crippen molar-refractivity contribution in [3.63, 3.8) is 0 Å². The average molecular weight is 309 g/mol. The van der Waals surface area contributed by atoms with Gasteiger partial charge in [-0.05, 0) is 37.3 Å². The number of hydrogen-bond acceptors (Lipinski definition) is 6. The molecule has 0 spiro atoms. The molecule has 0 radical (unpaired) electrons. The number of hydrazine groups is 1. The van der Waals surface area contributed by atoms with E-state index in [9.17, 15) is 0 Å². The Morgan fingerprint density at radius 2 is 2.13 bits per heavy atom. The predicted molar refractivity (Wildman–Crippen MR) is 89.0 cm³/mol. The first-order valence-corrected chi connectivity index (χ1v) is 8.25. The largest absolute Gasteiger partial charge is 0.450 e. The molecular formula is C17H19N5O. The molecule has 23 heavy (non-hydrogen) atoms. The molecule has 118 valence electrons. The maximum absolute atomic E-state index is 6.00. The molecule has 0 amide bonds. The molecule has 6 nitrogen and oxygen atoms in total. The van der Waals surface area contributed by atoms with Gasteiger partial charge in [0, 0.05) is 24.0 Å². The Hall–Kier alpha value is -2.18. The van der Waals surface area contributed by atoms with Crippen LogP contribution in [-0.2, 0) is 0 Å². The van der Waals surface area contributed by atoms with Gasteiger partial charge in [0.1, 0.15) is 17.4 Å². The van der Waals surface area contributed by atoms with Crippen molar-refractivity contribution >= 4 is 27.9 Å². The quantitative estimate of drug-likeness (QED) is 0.675. The second kappa shape index (κ2) is 5.18. The number of nitrogens with one attached hydrogen (secondary N) is 3. The van der Waals surface area contributed by atoms with Crippen LogP contribution < -0.4 is 16.2 Å². The van der Waals surface area contributed by atoms with Crippen molar-refractivity contribution in [1.29, 1.82) is 0 Å². The molecule has 2 aromatic heterocycles. The van der Waals surface area contributed by atoms with Crippen molar-refractivity contribution in [2.75, 3.05) is 11.9 Å². The van der Waals surface area contributed by atoms with Crippen molar-refractivity contribution in [2.24, 2.45) is 5.92 Å². The Bertz CT molecular complexity index is 860. The smallest absolute Gasteiger partial charge is 0.196 e. The molecule has 3 atom stereocenters. The van der Waals surface area contributed by atoms with Crippen LogP contribution in [0, 0.1) is 5.92 Å². The highest BCUT2D eigenvalue weighted by molar-refractivity contribution is 6.05. The Kier molecular flexibility index (Phi) is 2.99. The van der Waals surface area contributed by atoms with E-state index in [1.165, 1.54) is 6.42 Å². The van der Waals surface area contributed by atoms with Gasteiger partial charge in [0.05, 0.1) is 0 Å². The van der Waals surface area contributed by atoms with E-state index in [1.54, 1.807) is 6.33 Å². The summed E-state index contributed by atoms with van der Waals surface area (Å²) in [6, 6.07) is 9.05. The van der Waals surface area contributed by atoms with Crippen LogP contribution in [0.25, 0.3) is 22.1 Å². The zero-order valence-corrected chi connectivity index (χ0v) is 12.7. The third-order valence-corrected chi connectivity index (χ3v) is 5.13. The molecule has 5 rings (SSSR count). The third kappa shape index (κ3) is 2.17. The summed E-state index contributed by atoms with van der Waals surface area (Å²) in [5.74, 6) is 1.50. The molecule has 1 saturated carbocycles.